The standard InChI is InChI=1S/C16H15N7O2/c1-2-23-8-11(6-20-23)15-21-14(25-22-15)7-17-16(24)10-3-4-12-13(5-10)19-9-18-12/h3-6,8-9H,2,7H2,1H3,(H,17,24)(H,18,19). The number of H-pyrrole nitrogens is 1. The van der Waals surface area contributed by atoms with Crippen LogP contribution in [0.4, 0.5) is 0 Å². The van der Waals surface area contributed by atoms with E-state index in [0.29, 0.717) is 17.3 Å². The monoisotopic (exact) mass is 337 g/mol. The molecule has 0 saturated carbocycles. The summed E-state index contributed by atoms with van der Waals surface area (Å²) < 4.78 is 6.95. The number of rotatable bonds is 5. The Kier molecular flexibility index (Phi) is 3.73. The maximum Gasteiger partial charge on any atom is 0.251 e. The summed E-state index contributed by atoms with van der Waals surface area (Å²) in [5.41, 5.74) is 2.92. The van der Waals surface area contributed by atoms with Crippen molar-refractivity contribution in [3.05, 3.63) is 48.4 Å². The van der Waals surface area contributed by atoms with Crippen molar-refractivity contribution in [3.63, 3.8) is 0 Å². The van der Waals surface area contributed by atoms with Gasteiger partial charge in [-0.15, -0.1) is 0 Å². The molecule has 1 aromatic carbocycles. The number of aryl methyl sites for hydroxylation is 1. The van der Waals surface area contributed by atoms with Crippen molar-refractivity contribution in [2.24, 2.45) is 0 Å². The van der Waals surface area contributed by atoms with Crippen molar-refractivity contribution in [3.8, 4) is 11.4 Å². The zero-order valence-electron chi connectivity index (χ0n) is 13.4. The number of carbonyl (C=O) groups excluding carboxylic acids is 1. The van der Waals surface area contributed by atoms with Gasteiger partial charge in [-0.05, 0) is 25.1 Å². The van der Waals surface area contributed by atoms with Gasteiger partial charge >= 0.3 is 0 Å². The highest BCUT2D eigenvalue weighted by Gasteiger charge is 2.13. The highest BCUT2D eigenvalue weighted by Crippen LogP contribution is 2.15. The second-order valence-corrected chi connectivity index (χ2v) is 5.41. The molecule has 1 amide bonds. The Labute approximate surface area is 142 Å². The molecule has 3 aromatic heterocycles. The minimum atomic E-state index is -0.227. The zero-order chi connectivity index (χ0) is 17.2. The molecule has 25 heavy (non-hydrogen) atoms. The number of hydrogen-bond acceptors (Lipinski definition) is 6. The fourth-order valence-corrected chi connectivity index (χ4v) is 2.43. The van der Waals surface area contributed by atoms with E-state index in [1.165, 1.54) is 0 Å². The van der Waals surface area contributed by atoms with E-state index in [-0.39, 0.29) is 12.5 Å². The summed E-state index contributed by atoms with van der Waals surface area (Å²) in [6.45, 7) is 2.91. The molecule has 0 radical (unpaired) electrons. The molecule has 2 N–H and O–H groups in total. The first-order valence-corrected chi connectivity index (χ1v) is 7.79. The highest BCUT2D eigenvalue weighted by atomic mass is 16.5. The first-order chi connectivity index (χ1) is 12.2. The van der Waals surface area contributed by atoms with Crippen molar-refractivity contribution in [1.29, 1.82) is 0 Å². The van der Waals surface area contributed by atoms with Gasteiger partial charge in [0.15, 0.2) is 0 Å². The van der Waals surface area contributed by atoms with E-state index >= 15 is 0 Å². The fourth-order valence-electron chi connectivity index (χ4n) is 2.43. The lowest BCUT2D eigenvalue weighted by Gasteiger charge is -2.02. The average Bonchev–Trinajstić information content (AvgIpc) is 3.38. The van der Waals surface area contributed by atoms with Crippen molar-refractivity contribution in [2.45, 2.75) is 20.0 Å². The van der Waals surface area contributed by atoms with Gasteiger partial charge in [0.25, 0.3) is 5.91 Å². The van der Waals surface area contributed by atoms with Gasteiger partial charge in [-0.3, -0.25) is 9.48 Å². The molecule has 126 valence electrons. The van der Waals surface area contributed by atoms with Gasteiger partial charge in [0.2, 0.25) is 11.7 Å². The average molecular weight is 337 g/mol. The number of aromatic nitrogens is 6. The Balaban J connectivity index is 1.43. The summed E-state index contributed by atoms with van der Waals surface area (Å²) in [5.74, 6) is 0.549. The summed E-state index contributed by atoms with van der Waals surface area (Å²) in [4.78, 5) is 23.6. The molecule has 0 fully saturated rings. The van der Waals surface area contributed by atoms with Gasteiger partial charge in [-0.25, -0.2) is 4.98 Å². The van der Waals surface area contributed by atoms with E-state index in [0.717, 1.165) is 23.1 Å². The number of benzene rings is 1. The third kappa shape index (κ3) is 2.99. The van der Waals surface area contributed by atoms with E-state index < -0.39 is 0 Å². The molecule has 0 unspecified atom stereocenters. The molecule has 9 heteroatoms. The Morgan fingerprint density at radius 1 is 1.40 bits per heavy atom. The third-order valence-corrected chi connectivity index (χ3v) is 3.77. The van der Waals surface area contributed by atoms with Crippen LogP contribution >= 0.6 is 0 Å². The predicted molar refractivity (Wildman–Crippen MR) is 88.5 cm³/mol. The molecular formula is C16H15N7O2. The number of hydrogen-bond donors (Lipinski definition) is 2. The Hall–Kier alpha value is -3.49. The minimum Gasteiger partial charge on any atom is -0.345 e. The minimum absolute atomic E-state index is 0.148. The number of carbonyl (C=O) groups is 1. The van der Waals surface area contributed by atoms with Gasteiger partial charge in [-0.2, -0.15) is 10.1 Å². The highest BCUT2D eigenvalue weighted by molar-refractivity contribution is 5.97. The second kappa shape index (κ2) is 6.19. The fraction of sp³-hybridized carbons (Fsp3) is 0.188. The van der Waals surface area contributed by atoms with Crippen molar-refractivity contribution >= 4 is 16.9 Å². The summed E-state index contributed by atoms with van der Waals surface area (Å²) in [6.07, 6.45) is 5.11. The molecule has 9 nitrogen and oxygen atoms in total. The van der Waals surface area contributed by atoms with Gasteiger partial charge < -0.3 is 14.8 Å². The number of nitrogens with one attached hydrogen (secondary N) is 2. The van der Waals surface area contributed by atoms with E-state index in [1.807, 2.05) is 13.1 Å². The number of aromatic amines is 1. The normalized spacial score (nSPS) is 11.1. The summed E-state index contributed by atoms with van der Waals surface area (Å²) in [6, 6.07) is 5.25. The van der Waals surface area contributed by atoms with Crippen molar-refractivity contribution in [1.82, 2.24) is 35.2 Å². The maximum absolute atomic E-state index is 12.3. The lowest BCUT2D eigenvalue weighted by Crippen LogP contribution is -2.22. The molecule has 4 aromatic rings. The predicted octanol–water partition coefficient (Wildman–Crippen LogP) is 1.76. The van der Waals surface area contributed by atoms with Crippen LogP contribution < -0.4 is 5.32 Å². The third-order valence-electron chi connectivity index (χ3n) is 3.77. The van der Waals surface area contributed by atoms with E-state index in [1.54, 1.807) is 35.4 Å². The molecular weight excluding hydrogens is 322 g/mol. The topological polar surface area (TPSA) is 115 Å². The summed E-state index contributed by atoms with van der Waals surface area (Å²) >= 11 is 0. The van der Waals surface area contributed by atoms with Crippen LogP contribution in [0.3, 0.4) is 0 Å². The molecule has 0 aliphatic rings. The summed E-state index contributed by atoms with van der Waals surface area (Å²) in [5, 5.41) is 10.8. The lowest BCUT2D eigenvalue weighted by atomic mass is 10.2. The van der Waals surface area contributed by atoms with E-state index in [4.69, 9.17) is 4.52 Å². The Bertz CT molecular complexity index is 1030. The molecule has 0 spiro atoms. The summed E-state index contributed by atoms with van der Waals surface area (Å²) in [7, 11) is 0. The largest absolute Gasteiger partial charge is 0.345 e. The SMILES string of the molecule is CCn1cc(-c2noc(CNC(=O)c3ccc4nc[nH]c4c3)n2)cn1. The zero-order valence-corrected chi connectivity index (χ0v) is 13.4. The quantitative estimate of drug-likeness (QED) is 0.573. The van der Waals surface area contributed by atoms with E-state index in [2.05, 4.69) is 30.5 Å². The maximum atomic E-state index is 12.3. The molecule has 3 heterocycles. The van der Waals surface area contributed by atoms with E-state index in [9.17, 15) is 4.79 Å². The van der Waals surface area contributed by atoms with Gasteiger partial charge in [-0.1, -0.05) is 5.16 Å². The number of nitrogens with zero attached hydrogens (tertiary/aromatic N) is 5. The molecule has 0 saturated heterocycles. The van der Waals surface area contributed by atoms with Crippen molar-refractivity contribution < 1.29 is 9.32 Å². The second-order valence-electron chi connectivity index (χ2n) is 5.41. The van der Waals surface area contributed by atoms with Gasteiger partial charge in [0.1, 0.15) is 0 Å². The number of amides is 1. The molecule has 0 bridgehead atoms. The van der Waals surface area contributed by atoms with Crippen LogP contribution in [0.2, 0.25) is 0 Å². The van der Waals surface area contributed by atoms with Crippen LogP contribution in [0.25, 0.3) is 22.4 Å². The van der Waals surface area contributed by atoms with Crippen LogP contribution in [0.5, 0.6) is 0 Å². The number of fused-ring (bicyclic) bond motifs is 1. The Morgan fingerprint density at radius 3 is 3.16 bits per heavy atom. The first-order valence-electron chi connectivity index (χ1n) is 7.79. The van der Waals surface area contributed by atoms with Crippen LogP contribution in [-0.4, -0.2) is 35.8 Å². The van der Waals surface area contributed by atoms with Crippen LogP contribution in [-0.2, 0) is 13.1 Å². The van der Waals surface area contributed by atoms with Gasteiger partial charge in [0, 0.05) is 18.3 Å². The van der Waals surface area contributed by atoms with Crippen LogP contribution in [0.15, 0.2) is 41.4 Å². The van der Waals surface area contributed by atoms with Crippen LogP contribution in [0, 0.1) is 0 Å². The van der Waals surface area contributed by atoms with Crippen LogP contribution in [0.1, 0.15) is 23.2 Å². The molecule has 0 aliphatic heterocycles. The van der Waals surface area contributed by atoms with Crippen molar-refractivity contribution in [2.75, 3.05) is 0 Å². The number of imidazole rings is 1. The first kappa shape index (κ1) is 15.1. The molecule has 0 aliphatic carbocycles. The lowest BCUT2D eigenvalue weighted by molar-refractivity contribution is 0.0946. The van der Waals surface area contributed by atoms with Gasteiger partial charge in [0.05, 0.1) is 35.7 Å². The molecule has 0 atom stereocenters. The smallest absolute Gasteiger partial charge is 0.251 e. The Morgan fingerprint density at radius 2 is 2.32 bits per heavy atom. The molecule has 4 rings (SSSR count).